The molecule has 2 unspecified atom stereocenters. The summed E-state index contributed by atoms with van der Waals surface area (Å²) in [6.07, 6.45) is 3.04. The number of rotatable bonds is 4. The first-order valence-electron chi connectivity index (χ1n) is 7.05. The zero-order valence-corrected chi connectivity index (χ0v) is 12.1. The normalized spacial score (nSPS) is 25.3. The predicted molar refractivity (Wildman–Crippen MR) is 76.7 cm³/mol. The molecule has 1 fully saturated rings. The van der Waals surface area contributed by atoms with E-state index in [4.69, 9.17) is 9.84 Å². The van der Waals surface area contributed by atoms with Gasteiger partial charge in [-0.2, -0.15) is 0 Å². The van der Waals surface area contributed by atoms with Crippen molar-refractivity contribution in [3.63, 3.8) is 0 Å². The van der Waals surface area contributed by atoms with E-state index in [0.29, 0.717) is 17.6 Å². The monoisotopic (exact) mass is 293 g/mol. The van der Waals surface area contributed by atoms with Crippen LogP contribution in [0.2, 0.25) is 0 Å². The second kappa shape index (κ2) is 6.11. The molecule has 1 aromatic carbocycles. The van der Waals surface area contributed by atoms with E-state index in [0.717, 1.165) is 12.8 Å². The molecule has 1 aromatic rings. The molecule has 0 aliphatic heterocycles. The number of hydrogen-bond donors (Lipinski definition) is 1. The standard InChI is InChI=1S/C15H19NO5/c1-9-5-10(2)7-12(6-9)21-11-3-4-14(16(19)20)13(8-11)15(17)18/h3-4,8-10,12H,5-7H2,1-2H3,(H,17,18). The number of hydrogen-bond acceptors (Lipinski definition) is 4. The van der Waals surface area contributed by atoms with Crippen molar-refractivity contribution in [2.45, 2.75) is 39.2 Å². The van der Waals surface area contributed by atoms with Crippen LogP contribution in [-0.2, 0) is 0 Å². The van der Waals surface area contributed by atoms with Crippen LogP contribution < -0.4 is 4.74 Å². The van der Waals surface area contributed by atoms with Gasteiger partial charge in [0.2, 0.25) is 0 Å². The molecule has 0 spiro atoms. The van der Waals surface area contributed by atoms with Gasteiger partial charge in [0.25, 0.3) is 5.69 Å². The highest BCUT2D eigenvalue weighted by molar-refractivity contribution is 5.92. The van der Waals surface area contributed by atoms with Crippen LogP contribution in [-0.4, -0.2) is 22.1 Å². The van der Waals surface area contributed by atoms with Crippen molar-refractivity contribution in [3.05, 3.63) is 33.9 Å². The van der Waals surface area contributed by atoms with E-state index in [9.17, 15) is 14.9 Å². The van der Waals surface area contributed by atoms with Gasteiger partial charge in [0.15, 0.2) is 0 Å². The summed E-state index contributed by atoms with van der Waals surface area (Å²) < 4.78 is 5.84. The van der Waals surface area contributed by atoms with Crippen LogP contribution in [0.15, 0.2) is 18.2 Å². The third-order valence-electron chi connectivity index (χ3n) is 3.83. The Hall–Kier alpha value is -2.11. The predicted octanol–water partition coefficient (Wildman–Crippen LogP) is 3.50. The Balaban J connectivity index is 2.19. The minimum absolute atomic E-state index is 0.0341. The minimum atomic E-state index is -1.32. The van der Waals surface area contributed by atoms with E-state index in [1.54, 1.807) is 0 Å². The van der Waals surface area contributed by atoms with Gasteiger partial charge in [-0.15, -0.1) is 0 Å². The first kappa shape index (κ1) is 15.3. The molecule has 0 amide bonds. The van der Waals surface area contributed by atoms with Gasteiger partial charge in [0.05, 0.1) is 11.0 Å². The summed E-state index contributed by atoms with van der Waals surface area (Å²) in [6.45, 7) is 4.34. The SMILES string of the molecule is CC1CC(C)CC(Oc2ccc([N+](=O)[O-])c(C(=O)O)c2)C1. The van der Waals surface area contributed by atoms with Crippen molar-refractivity contribution in [1.82, 2.24) is 0 Å². The largest absolute Gasteiger partial charge is 0.490 e. The summed E-state index contributed by atoms with van der Waals surface area (Å²) in [4.78, 5) is 21.2. The summed E-state index contributed by atoms with van der Waals surface area (Å²) in [5.74, 6) is 0.188. The molecular weight excluding hydrogens is 274 g/mol. The third kappa shape index (κ3) is 3.71. The van der Waals surface area contributed by atoms with Crippen LogP contribution in [0, 0.1) is 22.0 Å². The van der Waals surface area contributed by atoms with Crippen molar-refractivity contribution in [1.29, 1.82) is 0 Å². The zero-order chi connectivity index (χ0) is 15.6. The molecular formula is C15H19NO5. The van der Waals surface area contributed by atoms with E-state index < -0.39 is 16.6 Å². The quantitative estimate of drug-likeness (QED) is 0.677. The summed E-state index contributed by atoms with van der Waals surface area (Å²) in [7, 11) is 0. The number of aromatic carboxylic acids is 1. The molecule has 1 aliphatic carbocycles. The molecule has 0 heterocycles. The topological polar surface area (TPSA) is 89.7 Å². The first-order chi connectivity index (χ1) is 9.86. The average Bonchev–Trinajstić information content (AvgIpc) is 2.36. The van der Waals surface area contributed by atoms with Gasteiger partial charge in [-0.05, 0) is 37.2 Å². The molecule has 6 heteroatoms. The van der Waals surface area contributed by atoms with E-state index in [1.807, 2.05) is 0 Å². The average molecular weight is 293 g/mol. The maximum absolute atomic E-state index is 11.1. The number of nitrogens with zero attached hydrogens (tertiary/aromatic N) is 1. The van der Waals surface area contributed by atoms with Crippen LogP contribution in [0.4, 0.5) is 5.69 Å². The van der Waals surface area contributed by atoms with E-state index >= 15 is 0 Å². The Kier molecular flexibility index (Phi) is 4.45. The zero-order valence-electron chi connectivity index (χ0n) is 12.1. The highest BCUT2D eigenvalue weighted by Gasteiger charge is 2.26. The number of nitro groups is 1. The molecule has 2 rings (SSSR count). The second-order valence-corrected chi connectivity index (χ2v) is 5.90. The Labute approximate surface area is 122 Å². The number of carboxylic acids is 1. The first-order valence-corrected chi connectivity index (χ1v) is 7.05. The molecule has 21 heavy (non-hydrogen) atoms. The fourth-order valence-corrected chi connectivity index (χ4v) is 3.08. The lowest BCUT2D eigenvalue weighted by atomic mass is 9.82. The van der Waals surface area contributed by atoms with Crippen molar-refractivity contribution in [3.8, 4) is 5.75 Å². The lowest BCUT2D eigenvalue weighted by Crippen LogP contribution is -2.28. The highest BCUT2D eigenvalue weighted by atomic mass is 16.6. The molecule has 0 radical (unpaired) electrons. The van der Waals surface area contributed by atoms with Crippen LogP contribution in [0.25, 0.3) is 0 Å². The van der Waals surface area contributed by atoms with Gasteiger partial charge < -0.3 is 9.84 Å². The number of carboxylic acid groups (broad SMARTS) is 1. The Morgan fingerprint density at radius 3 is 2.43 bits per heavy atom. The van der Waals surface area contributed by atoms with Crippen LogP contribution >= 0.6 is 0 Å². The molecule has 0 aromatic heterocycles. The molecule has 2 atom stereocenters. The molecule has 1 saturated carbocycles. The van der Waals surface area contributed by atoms with Crippen molar-refractivity contribution in [2.24, 2.45) is 11.8 Å². The number of carbonyl (C=O) groups is 1. The maximum atomic E-state index is 11.1. The summed E-state index contributed by atoms with van der Waals surface area (Å²) >= 11 is 0. The Morgan fingerprint density at radius 2 is 1.90 bits per heavy atom. The minimum Gasteiger partial charge on any atom is -0.490 e. The Bertz CT molecular complexity index is 547. The number of nitro benzene ring substituents is 1. The molecule has 1 N–H and O–H groups in total. The van der Waals surface area contributed by atoms with Gasteiger partial charge >= 0.3 is 5.97 Å². The lowest BCUT2D eigenvalue weighted by molar-refractivity contribution is -0.385. The van der Waals surface area contributed by atoms with Gasteiger partial charge in [-0.3, -0.25) is 10.1 Å². The molecule has 6 nitrogen and oxygen atoms in total. The molecule has 1 aliphatic rings. The van der Waals surface area contributed by atoms with Crippen LogP contribution in [0.1, 0.15) is 43.5 Å². The summed E-state index contributed by atoms with van der Waals surface area (Å²) in [5, 5.41) is 19.9. The van der Waals surface area contributed by atoms with Gasteiger partial charge in [-0.25, -0.2) is 4.79 Å². The van der Waals surface area contributed by atoms with Crippen molar-refractivity contribution >= 4 is 11.7 Å². The summed E-state index contributed by atoms with van der Waals surface area (Å²) in [5.41, 5.74) is -0.755. The van der Waals surface area contributed by atoms with Gasteiger partial charge in [0, 0.05) is 12.1 Å². The van der Waals surface area contributed by atoms with E-state index in [2.05, 4.69) is 13.8 Å². The van der Waals surface area contributed by atoms with Crippen LogP contribution in [0.3, 0.4) is 0 Å². The van der Waals surface area contributed by atoms with E-state index in [-0.39, 0.29) is 11.7 Å². The summed E-state index contributed by atoms with van der Waals surface area (Å²) in [6, 6.07) is 3.90. The molecule has 0 bridgehead atoms. The third-order valence-corrected chi connectivity index (χ3v) is 3.83. The smallest absolute Gasteiger partial charge is 0.342 e. The highest BCUT2D eigenvalue weighted by Crippen LogP contribution is 2.32. The van der Waals surface area contributed by atoms with Crippen molar-refractivity contribution in [2.75, 3.05) is 0 Å². The lowest BCUT2D eigenvalue weighted by Gasteiger charge is -2.31. The fourth-order valence-electron chi connectivity index (χ4n) is 3.08. The van der Waals surface area contributed by atoms with E-state index in [1.165, 1.54) is 24.6 Å². The number of benzene rings is 1. The molecule has 0 saturated heterocycles. The molecule has 114 valence electrons. The fraction of sp³-hybridized carbons (Fsp3) is 0.533. The van der Waals surface area contributed by atoms with Gasteiger partial charge in [0.1, 0.15) is 11.3 Å². The Morgan fingerprint density at radius 1 is 1.29 bits per heavy atom. The maximum Gasteiger partial charge on any atom is 0.342 e. The van der Waals surface area contributed by atoms with Crippen molar-refractivity contribution < 1.29 is 19.6 Å². The van der Waals surface area contributed by atoms with Crippen LogP contribution in [0.5, 0.6) is 5.75 Å². The van der Waals surface area contributed by atoms with Gasteiger partial charge in [-0.1, -0.05) is 13.8 Å². The second-order valence-electron chi connectivity index (χ2n) is 5.90. The number of ether oxygens (including phenoxy) is 1.